The second kappa shape index (κ2) is 5.11. The Hall–Kier alpha value is -0.370. The predicted molar refractivity (Wildman–Crippen MR) is 61.7 cm³/mol. The molecule has 1 saturated carbocycles. The van der Waals surface area contributed by atoms with Crippen molar-refractivity contribution in [2.45, 2.75) is 64.9 Å². The normalized spacial score (nSPS) is 28.1. The fourth-order valence-electron chi connectivity index (χ4n) is 2.52. The molecule has 0 aromatic rings. The average Bonchev–Trinajstić information content (AvgIpc) is 2.23. The van der Waals surface area contributed by atoms with Gasteiger partial charge < -0.3 is 5.11 Å². The van der Waals surface area contributed by atoms with Crippen LogP contribution in [0, 0.1) is 11.8 Å². The van der Waals surface area contributed by atoms with Crippen molar-refractivity contribution in [2.75, 3.05) is 0 Å². The van der Waals surface area contributed by atoms with E-state index in [1.165, 1.54) is 0 Å². The van der Waals surface area contributed by atoms with Crippen molar-refractivity contribution in [1.82, 2.24) is 0 Å². The molecule has 15 heavy (non-hydrogen) atoms. The smallest absolute Gasteiger partial charge is 0.136 e. The second-order valence-electron chi connectivity index (χ2n) is 5.18. The Morgan fingerprint density at radius 2 is 2.00 bits per heavy atom. The number of hydrogen-bond acceptors (Lipinski definition) is 2. The molecule has 0 aromatic heterocycles. The number of aliphatic hydroxyl groups is 1. The van der Waals surface area contributed by atoms with Gasteiger partial charge in [-0.15, -0.1) is 0 Å². The van der Waals surface area contributed by atoms with Crippen LogP contribution >= 0.6 is 0 Å². The fraction of sp³-hybridized carbons (Fsp3) is 0.923. The van der Waals surface area contributed by atoms with Crippen molar-refractivity contribution in [3.05, 3.63) is 0 Å². The highest BCUT2D eigenvalue weighted by Gasteiger charge is 2.33. The first-order valence-electron chi connectivity index (χ1n) is 6.26. The molecule has 1 N–H and O–H groups in total. The van der Waals surface area contributed by atoms with Gasteiger partial charge in [-0.25, -0.2) is 0 Å². The average molecular weight is 212 g/mol. The third kappa shape index (κ3) is 3.30. The van der Waals surface area contributed by atoms with Crippen molar-refractivity contribution in [3.63, 3.8) is 0 Å². The molecule has 2 unspecified atom stereocenters. The highest BCUT2D eigenvalue weighted by Crippen LogP contribution is 2.33. The summed E-state index contributed by atoms with van der Waals surface area (Å²) in [6, 6.07) is 0. The van der Waals surface area contributed by atoms with E-state index in [1.807, 2.05) is 13.8 Å². The maximum atomic E-state index is 11.7. The van der Waals surface area contributed by atoms with Crippen molar-refractivity contribution in [3.8, 4) is 0 Å². The molecule has 0 amide bonds. The van der Waals surface area contributed by atoms with Crippen LogP contribution in [0.3, 0.4) is 0 Å². The van der Waals surface area contributed by atoms with Crippen molar-refractivity contribution < 1.29 is 9.90 Å². The van der Waals surface area contributed by atoms with Crippen LogP contribution in [0.2, 0.25) is 0 Å². The summed E-state index contributed by atoms with van der Waals surface area (Å²) < 4.78 is 0. The van der Waals surface area contributed by atoms with Gasteiger partial charge in [-0.3, -0.25) is 4.79 Å². The van der Waals surface area contributed by atoms with E-state index in [4.69, 9.17) is 0 Å². The summed E-state index contributed by atoms with van der Waals surface area (Å²) in [5.41, 5.74) is -0.614. The zero-order valence-corrected chi connectivity index (χ0v) is 10.3. The number of rotatable bonds is 4. The maximum absolute atomic E-state index is 11.7. The molecule has 0 aliphatic heterocycles. The van der Waals surface area contributed by atoms with E-state index < -0.39 is 5.60 Å². The second-order valence-corrected chi connectivity index (χ2v) is 5.18. The first-order valence-corrected chi connectivity index (χ1v) is 6.26. The lowest BCUT2D eigenvalue weighted by atomic mass is 9.75. The molecule has 0 radical (unpaired) electrons. The molecule has 0 saturated heterocycles. The van der Waals surface area contributed by atoms with Crippen LogP contribution in [0.1, 0.15) is 59.3 Å². The van der Waals surface area contributed by atoms with Crippen LogP contribution in [-0.4, -0.2) is 16.5 Å². The Bertz CT molecular complexity index is 219. The van der Waals surface area contributed by atoms with E-state index in [9.17, 15) is 9.90 Å². The third-order valence-electron chi connectivity index (χ3n) is 3.97. The van der Waals surface area contributed by atoms with Crippen molar-refractivity contribution in [2.24, 2.45) is 11.8 Å². The van der Waals surface area contributed by atoms with Crippen LogP contribution in [0.4, 0.5) is 0 Å². The molecule has 2 heteroatoms. The van der Waals surface area contributed by atoms with Crippen LogP contribution in [0.15, 0.2) is 0 Å². The molecule has 1 fully saturated rings. The number of hydrogen-bond donors (Lipinski definition) is 1. The number of Topliss-reactive ketones (excluding diaryl/α,β-unsaturated/α-hetero) is 1. The molecule has 0 aromatic carbocycles. The Kier molecular flexibility index (Phi) is 4.32. The minimum Gasteiger partial charge on any atom is -0.390 e. The Labute approximate surface area is 93.1 Å². The lowest BCUT2D eigenvalue weighted by Gasteiger charge is -2.33. The molecule has 88 valence electrons. The molecule has 0 bridgehead atoms. The first kappa shape index (κ1) is 12.7. The van der Waals surface area contributed by atoms with Gasteiger partial charge in [0.15, 0.2) is 0 Å². The minimum atomic E-state index is -0.614. The number of carbonyl (C=O) groups excluding carboxylic acids is 1. The van der Waals surface area contributed by atoms with Gasteiger partial charge in [0, 0.05) is 12.3 Å². The van der Waals surface area contributed by atoms with Crippen molar-refractivity contribution in [1.29, 1.82) is 0 Å². The van der Waals surface area contributed by atoms with Gasteiger partial charge in [0.2, 0.25) is 0 Å². The molecule has 2 atom stereocenters. The van der Waals surface area contributed by atoms with Gasteiger partial charge in [-0.2, -0.15) is 0 Å². The lowest BCUT2D eigenvalue weighted by molar-refractivity contribution is -0.128. The molecule has 0 spiro atoms. The number of carbonyl (C=O) groups is 1. The van der Waals surface area contributed by atoms with Crippen LogP contribution in [-0.2, 0) is 4.79 Å². The lowest BCUT2D eigenvalue weighted by Crippen LogP contribution is -2.35. The van der Waals surface area contributed by atoms with Gasteiger partial charge in [0.1, 0.15) is 5.78 Å². The highest BCUT2D eigenvalue weighted by atomic mass is 16.3. The van der Waals surface area contributed by atoms with E-state index >= 15 is 0 Å². The van der Waals surface area contributed by atoms with Gasteiger partial charge in [-0.05, 0) is 38.0 Å². The summed E-state index contributed by atoms with van der Waals surface area (Å²) in [6.45, 7) is 6.21. The maximum Gasteiger partial charge on any atom is 0.136 e. The van der Waals surface area contributed by atoms with E-state index in [-0.39, 0.29) is 5.92 Å². The van der Waals surface area contributed by atoms with E-state index in [0.717, 1.165) is 32.1 Å². The predicted octanol–water partition coefficient (Wildman–Crippen LogP) is 2.93. The van der Waals surface area contributed by atoms with Gasteiger partial charge in [0.05, 0.1) is 5.60 Å². The zero-order chi connectivity index (χ0) is 11.5. The first-order chi connectivity index (χ1) is 7.00. The van der Waals surface area contributed by atoms with Crippen LogP contribution < -0.4 is 0 Å². The summed E-state index contributed by atoms with van der Waals surface area (Å²) in [7, 11) is 0. The summed E-state index contributed by atoms with van der Waals surface area (Å²) in [4.78, 5) is 11.7. The molecule has 0 heterocycles. The van der Waals surface area contributed by atoms with E-state index in [2.05, 4.69) is 6.92 Å². The molecular formula is C13H24O2. The van der Waals surface area contributed by atoms with E-state index in [0.29, 0.717) is 18.1 Å². The zero-order valence-electron chi connectivity index (χ0n) is 10.3. The van der Waals surface area contributed by atoms with Crippen molar-refractivity contribution >= 4 is 5.78 Å². The van der Waals surface area contributed by atoms with Gasteiger partial charge in [-0.1, -0.05) is 20.8 Å². The molecule has 1 rings (SSSR count). The van der Waals surface area contributed by atoms with Crippen LogP contribution in [0.5, 0.6) is 0 Å². The number of ketones is 1. The Balaban J connectivity index is 2.58. The molecule has 1 aliphatic rings. The van der Waals surface area contributed by atoms with Gasteiger partial charge in [0.25, 0.3) is 0 Å². The minimum absolute atomic E-state index is 0.110. The van der Waals surface area contributed by atoms with Gasteiger partial charge >= 0.3 is 0 Å². The fourth-order valence-corrected chi connectivity index (χ4v) is 2.52. The molecule has 2 nitrogen and oxygen atoms in total. The molecular weight excluding hydrogens is 188 g/mol. The third-order valence-corrected chi connectivity index (χ3v) is 3.97. The summed E-state index contributed by atoms with van der Waals surface area (Å²) in [5, 5.41) is 10.2. The van der Waals surface area contributed by atoms with Crippen LogP contribution in [0.25, 0.3) is 0 Å². The molecule has 1 aliphatic carbocycles. The highest BCUT2D eigenvalue weighted by molar-refractivity contribution is 5.81. The Morgan fingerprint density at radius 3 is 2.53 bits per heavy atom. The SMILES string of the molecule is CCC(O)(CC)CC1CC(C)CCC1=O. The Morgan fingerprint density at radius 1 is 1.40 bits per heavy atom. The summed E-state index contributed by atoms with van der Waals surface area (Å²) >= 11 is 0. The summed E-state index contributed by atoms with van der Waals surface area (Å²) in [6.07, 6.45) is 4.90. The largest absolute Gasteiger partial charge is 0.390 e. The quantitative estimate of drug-likeness (QED) is 0.778. The topological polar surface area (TPSA) is 37.3 Å². The summed E-state index contributed by atoms with van der Waals surface area (Å²) in [5.74, 6) is 1.12. The van der Waals surface area contributed by atoms with E-state index in [1.54, 1.807) is 0 Å². The monoisotopic (exact) mass is 212 g/mol. The standard InChI is InChI=1S/C13H24O2/c1-4-13(15,5-2)9-11-8-10(3)6-7-12(11)14/h10-11,15H,4-9H2,1-3H3.